The van der Waals surface area contributed by atoms with Crippen LogP contribution >= 0.6 is 0 Å². The van der Waals surface area contributed by atoms with Crippen molar-refractivity contribution in [3.63, 3.8) is 0 Å². The fraction of sp³-hybridized carbons (Fsp3) is 0.318. The van der Waals surface area contributed by atoms with Crippen LogP contribution in [-0.4, -0.2) is 46.3 Å². The molecule has 7 nitrogen and oxygen atoms in total. The third-order valence-electron chi connectivity index (χ3n) is 5.61. The Kier molecular flexibility index (Phi) is 5.50. The second-order valence-electron chi connectivity index (χ2n) is 7.63. The van der Waals surface area contributed by atoms with Crippen LogP contribution in [0.2, 0.25) is 0 Å². The predicted molar refractivity (Wildman–Crippen MR) is 110 cm³/mol. The van der Waals surface area contributed by atoms with Crippen molar-refractivity contribution in [2.45, 2.75) is 31.5 Å². The first-order chi connectivity index (χ1) is 14.4. The number of likely N-dealkylation sites (tertiary alicyclic amines) is 1. The zero-order valence-electron chi connectivity index (χ0n) is 16.5. The molecule has 8 heteroatoms. The van der Waals surface area contributed by atoms with Crippen LogP contribution < -0.4 is 11.5 Å². The molecule has 3 N–H and O–H groups in total. The van der Waals surface area contributed by atoms with E-state index in [0.29, 0.717) is 18.8 Å². The molecule has 0 aliphatic carbocycles. The third-order valence-corrected chi connectivity index (χ3v) is 5.61. The van der Waals surface area contributed by atoms with Crippen molar-refractivity contribution in [2.24, 2.45) is 5.73 Å². The Morgan fingerprint density at radius 3 is 2.60 bits per heavy atom. The highest BCUT2D eigenvalue weighted by molar-refractivity contribution is 5.83. The summed E-state index contributed by atoms with van der Waals surface area (Å²) >= 11 is 0. The van der Waals surface area contributed by atoms with E-state index >= 15 is 0 Å². The Morgan fingerprint density at radius 1 is 1.23 bits per heavy atom. The highest BCUT2D eigenvalue weighted by Crippen LogP contribution is 2.27. The lowest BCUT2D eigenvalue weighted by molar-refractivity contribution is -0.132. The molecule has 30 heavy (non-hydrogen) atoms. The van der Waals surface area contributed by atoms with Gasteiger partial charge in [-0.3, -0.25) is 14.3 Å². The molecule has 1 amide bonds. The summed E-state index contributed by atoms with van der Waals surface area (Å²) in [6.45, 7) is 2.46. The molecule has 1 aliphatic rings. The maximum Gasteiger partial charge on any atom is 0.439 e. The van der Waals surface area contributed by atoms with E-state index in [2.05, 4.69) is 14.7 Å². The summed E-state index contributed by atoms with van der Waals surface area (Å²) in [5.74, 6) is -0.637. The summed E-state index contributed by atoms with van der Waals surface area (Å²) < 4.78 is 18.0. The molecular formula is C22H23FN4O3. The van der Waals surface area contributed by atoms with Crippen LogP contribution in [0.3, 0.4) is 0 Å². The largest absolute Gasteiger partial charge is 0.439 e. The van der Waals surface area contributed by atoms with E-state index in [9.17, 15) is 14.0 Å². The lowest BCUT2D eigenvalue weighted by Gasteiger charge is -2.25. The van der Waals surface area contributed by atoms with Crippen molar-refractivity contribution in [3.8, 4) is 22.5 Å². The van der Waals surface area contributed by atoms with Gasteiger partial charge >= 0.3 is 5.76 Å². The minimum atomic E-state index is -0.957. The fourth-order valence-electron chi connectivity index (χ4n) is 3.73. The van der Waals surface area contributed by atoms with Gasteiger partial charge in [-0.25, -0.2) is 9.18 Å². The predicted octanol–water partition coefficient (Wildman–Crippen LogP) is 2.70. The van der Waals surface area contributed by atoms with Crippen LogP contribution in [-0.2, 0) is 4.79 Å². The van der Waals surface area contributed by atoms with E-state index in [1.807, 2.05) is 55.5 Å². The second kappa shape index (κ2) is 8.23. The normalized spacial score (nSPS) is 18.4. The lowest BCUT2D eigenvalue weighted by atomic mass is 9.91. The number of H-pyrrole nitrogens is 1. The van der Waals surface area contributed by atoms with Gasteiger partial charge in [0.15, 0.2) is 5.82 Å². The highest BCUT2D eigenvalue weighted by Gasteiger charge is 2.32. The quantitative estimate of drug-likeness (QED) is 0.673. The number of nitrogens with two attached hydrogens (primary N) is 1. The Balaban J connectivity index is 1.50. The summed E-state index contributed by atoms with van der Waals surface area (Å²) in [5.41, 5.74) is 9.79. The Bertz CT molecular complexity index is 1090. The Labute approximate surface area is 172 Å². The van der Waals surface area contributed by atoms with E-state index in [4.69, 9.17) is 5.73 Å². The average Bonchev–Trinajstić information content (AvgIpc) is 3.40. The van der Waals surface area contributed by atoms with Gasteiger partial charge in [0.25, 0.3) is 0 Å². The number of aromatic amines is 1. The van der Waals surface area contributed by atoms with Gasteiger partial charge in [-0.2, -0.15) is 0 Å². The minimum absolute atomic E-state index is 0.130. The van der Waals surface area contributed by atoms with Crippen LogP contribution in [0.15, 0.2) is 57.8 Å². The highest BCUT2D eigenvalue weighted by atomic mass is 19.1. The maximum atomic E-state index is 13.4. The Morgan fingerprint density at radius 2 is 1.97 bits per heavy atom. The van der Waals surface area contributed by atoms with Gasteiger partial charge in [0.05, 0.1) is 12.6 Å². The summed E-state index contributed by atoms with van der Waals surface area (Å²) in [6.07, 6.45) is -0.579. The molecule has 0 radical (unpaired) electrons. The number of nitrogens with one attached hydrogen (secondary N) is 1. The number of carbonyl (C=O) groups excluding carboxylic acids is 1. The summed E-state index contributed by atoms with van der Waals surface area (Å²) in [6, 6.07) is 14.7. The standard InChI is InChI=1S/C22H23FN4O3/c1-13(19(24)21(28)27-10-9-18(23)12-27)14-5-7-15(8-6-14)16-3-2-4-17(11-16)20-25-22(29)30-26-20/h2-8,11,13,18-19H,9-10,12,24H2,1H3,(H,25,26,29)/t13-,18-,19?/m0/s1. The summed E-state index contributed by atoms with van der Waals surface area (Å²) in [5, 5.41) is 3.71. The number of nitrogens with zero attached hydrogens (tertiary/aromatic N) is 2. The van der Waals surface area contributed by atoms with Crippen LogP contribution in [0.1, 0.15) is 24.8 Å². The fourth-order valence-corrected chi connectivity index (χ4v) is 3.73. The molecule has 2 aromatic carbocycles. The Hall–Kier alpha value is -3.26. The van der Waals surface area contributed by atoms with Crippen LogP contribution in [0.4, 0.5) is 4.39 Å². The number of amides is 1. The zero-order chi connectivity index (χ0) is 21.3. The van der Waals surface area contributed by atoms with Crippen molar-refractivity contribution in [1.82, 2.24) is 15.0 Å². The number of aromatic nitrogens is 2. The van der Waals surface area contributed by atoms with Crippen LogP contribution in [0, 0.1) is 0 Å². The van der Waals surface area contributed by atoms with Gasteiger partial charge in [-0.1, -0.05) is 54.5 Å². The van der Waals surface area contributed by atoms with Crippen LogP contribution in [0.25, 0.3) is 22.5 Å². The minimum Gasteiger partial charge on any atom is -0.338 e. The molecule has 0 saturated carbocycles. The van der Waals surface area contributed by atoms with Crippen molar-refractivity contribution in [2.75, 3.05) is 13.1 Å². The van der Waals surface area contributed by atoms with Gasteiger partial charge in [-0.05, 0) is 29.2 Å². The van der Waals surface area contributed by atoms with Crippen molar-refractivity contribution >= 4 is 5.91 Å². The van der Waals surface area contributed by atoms with E-state index in [1.165, 1.54) is 4.90 Å². The molecule has 3 atom stereocenters. The number of benzene rings is 2. The first-order valence-corrected chi connectivity index (χ1v) is 9.87. The monoisotopic (exact) mass is 410 g/mol. The number of hydrogen-bond donors (Lipinski definition) is 2. The van der Waals surface area contributed by atoms with E-state index in [-0.39, 0.29) is 18.4 Å². The molecule has 0 bridgehead atoms. The van der Waals surface area contributed by atoms with E-state index in [0.717, 1.165) is 22.3 Å². The molecule has 156 valence electrons. The first kappa shape index (κ1) is 20.0. The van der Waals surface area contributed by atoms with Crippen LogP contribution in [0.5, 0.6) is 0 Å². The number of alkyl halides is 1. The number of halogens is 1. The molecule has 1 fully saturated rings. The molecule has 1 aromatic heterocycles. The first-order valence-electron chi connectivity index (χ1n) is 9.87. The van der Waals surface area contributed by atoms with Crippen molar-refractivity contribution in [3.05, 3.63) is 64.6 Å². The van der Waals surface area contributed by atoms with E-state index in [1.54, 1.807) is 0 Å². The van der Waals surface area contributed by atoms with Gasteiger partial charge in [0, 0.05) is 18.0 Å². The van der Waals surface area contributed by atoms with Gasteiger partial charge in [0.1, 0.15) is 6.17 Å². The molecule has 1 unspecified atom stereocenters. The second-order valence-corrected chi connectivity index (χ2v) is 7.63. The molecule has 2 heterocycles. The summed E-state index contributed by atoms with van der Waals surface area (Å²) in [4.78, 5) is 27.8. The zero-order valence-corrected chi connectivity index (χ0v) is 16.5. The van der Waals surface area contributed by atoms with Gasteiger partial charge in [0.2, 0.25) is 5.91 Å². The van der Waals surface area contributed by atoms with Gasteiger partial charge < -0.3 is 10.6 Å². The average molecular weight is 410 g/mol. The smallest absolute Gasteiger partial charge is 0.338 e. The van der Waals surface area contributed by atoms with E-state index < -0.39 is 18.0 Å². The molecule has 4 rings (SSSR count). The van der Waals surface area contributed by atoms with Crippen molar-refractivity contribution in [1.29, 1.82) is 0 Å². The van der Waals surface area contributed by atoms with Crippen molar-refractivity contribution < 1.29 is 13.7 Å². The molecule has 1 aliphatic heterocycles. The summed E-state index contributed by atoms with van der Waals surface area (Å²) in [7, 11) is 0. The number of hydrogen-bond acceptors (Lipinski definition) is 5. The molecular weight excluding hydrogens is 387 g/mol. The third kappa shape index (κ3) is 4.04. The topological polar surface area (TPSA) is 105 Å². The molecule has 0 spiro atoms. The lowest BCUT2D eigenvalue weighted by Crippen LogP contribution is -2.45. The number of rotatable bonds is 5. The molecule has 3 aromatic rings. The SMILES string of the molecule is C[C@@H](c1ccc(-c2cccc(-c3noc(=O)[nH]3)c2)cc1)C(N)C(=O)N1CC[C@H](F)C1. The number of carbonyl (C=O) groups is 1. The maximum absolute atomic E-state index is 13.4. The van der Waals surface area contributed by atoms with Gasteiger partial charge in [-0.15, -0.1) is 0 Å². The molecule has 1 saturated heterocycles.